The second-order valence-electron chi connectivity index (χ2n) is 10.8. The molecule has 0 aliphatic heterocycles. The zero-order chi connectivity index (χ0) is 33.6. The van der Waals surface area contributed by atoms with Crippen molar-refractivity contribution in [3.8, 4) is 0 Å². The summed E-state index contributed by atoms with van der Waals surface area (Å²) in [5.41, 5.74) is 1.40. The Balaban J connectivity index is 1.85. The van der Waals surface area contributed by atoms with Crippen molar-refractivity contribution in [2.75, 3.05) is 17.9 Å². The number of nitrogens with one attached hydrogen (secondary N) is 1. The molecular formula is C34H33ClF3N3O4S. The number of carbonyl (C=O) groups is 2. The molecule has 0 radical (unpaired) electrons. The van der Waals surface area contributed by atoms with Crippen LogP contribution in [-0.4, -0.2) is 44.8 Å². The van der Waals surface area contributed by atoms with Gasteiger partial charge >= 0.3 is 6.18 Å². The van der Waals surface area contributed by atoms with E-state index >= 15 is 0 Å². The molecule has 0 bridgehead atoms. The Kier molecular flexibility index (Phi) is 10.8. The Bertz CT molecular complexity index is 1800. The highest BCUT2D eigenvalue weighted by Crippen LogP contribution is 2.38. The molecule has 0 heterocycles. The van der Waals surface area contributed by atoms with E-state index in [1.165, 1.54) is 24.1 Å². The fourth-order valence-electron chi connectivity index (χ4n) is 4.98. The lowest BCUT2D eigenvalue weighted by Gasteiger charge is -2.33. The van der Waals surface area contributed by atoms with Crippen molar-refractivity contribution >= 4 is 39.1 Å². The van der Waals surface area contributed by atoms with Crippen LogP contribution in [0.3, 0.4) is 0 Å². The molecule has 0 saturated heterocycles. The summed E-state index contributed by atoms with van der Waals surface area (Å²) in [6.07, 6.45) is -4.80. The first-order chi connectivity index (χ1) is 21.7. The highest BCUT2D eigenvalue weighted by atomic mass is 35.5. The van der Waals surface area contributed by atoms with Gasteiger partial charge in [0.1, 0.15) is 12.6 Å². The van der Waals surface area contributed by atoms with Gasteiger partial charge in [-0.3, -0.25) is 13.9 Å². The predicted molar refractivity (Wildman–Crippen MR) is 172 cm³/mol. The van der Waals surface area contributed by atoms with Gasteiger partial charge in [0.05, 0.1) is 21.2 Å². The molecule has 12 heteroatoms. The Morgan fingerprint density at radius 1 is 0.848 bits per heavy atom. The quantitative estimate of drug-likeness (QED) is 0.196. The van der Waals surface area contributed by atoms with E-state index in [4.69, 9.17) is 11.6 Å². The minimum atomic E-state index is -4.90. The molecule has 4 rings (SSSR count). The van der Waals surface area contributed by atoms with E-state index in [2.05, 4.69) is 5.32 Å². The molecule has 46 heavy (non-hydrogen) atoms. The Hall–Kier alpha value is -4.35. The van der Waals surface area contributed by atoms with E-state index in [-0.39, 0.29) is 17.9 Å². The minimum Gasteiger partial charge on any atom is -0.357 e. The van der Waals surface area contributed by atoms with E-state index in [9.17, 15) is 31.2 Å². The van der Waals surface area contributed by atoms with Gasteiger partial charge in [-0.1, -0.05) is 89.5 Å². The number of hydrogen-bond acceptors (Lipinski definition) is 4. The van der Waals surface area contributed by atoms with Crippen molar-refractivity contribution < 1.29 is 31.2 Å². The molecule has 7 nitrogen and oxygen atoms in total. The maximum atomic E-state index is 14.3. The number of anilines is 1. The third-order valence-corrected chi connectivity index (χ3v) is 9.50. The summed E-state index contributed by atoms with van der Waals surface area (Å²) < 4.78 is 70.4. The summed E-state index contributed by atoms with van der Waals surface area (Å²) in [6, 6.07) is 23.5. The number of benzene rings is 4. The van der Waals surface area contributed by atoms with Crippen molar-refractivity contribution in [3.63, 3.8) is 0 Å². The fourth-order valence-corrected chi connectivity index (χ4v) is 6.61. The van der Waals surface area contributed by atoms with Crippen LogP contribution in [0.2, 0.25) is 5.02 Å². The Morgan fingerprint density at radius 3 is 2.11 bits per heavy atom. The van der Waals surface area contributed by atoms with E-state index in [0.29, 0.717) is 15.9 Å². The maximum Gasteiger partial charge on any atom is 0.417 e. The molecule has 1 atom stereocenters. The van der Waals surface area contributed by atoms with Gasteiger partial charge in [0.25, 0.3) is 10.0 Å². The van der Waals surface area contributed by atoms with Crippen molar-refractivity contribution in [1.82, 2.24) is 10.2 Å². The summed E-state index contributed by atoms with van der Waals surface area (Å²) in [5.74, 6) is -1.30. The summed E-state index contributed by atoms with van der Waals surface area (Å²) in [4.78, 5) is 28.7. The van der Waals surface area contributed by atoms with E-state index in [0.717, 1.165) is 28.8 Å². The van der Waals surface area contributed by atoms with Gasteiger partial charge in [0, 0.05) is 20.0 Å². The number of hydrogen-bond donors (Lipinski definition) is 1. The molecule has 0 saturated carbocycles. The standard InChI is InChI=1S/C34H33ClF3N3O4S/c1-23-12-15-28(16-13-23)46(44,45)41(27-14-17-30(35)29(20-27)34(36,37)38)22-32(42)40(21-26-11-7-8-24(2)18-26)31(33(43)39-3)19-25-9-5-4-6-10-25/h4-18,20,31H,19,21-22H2,1-3H3,(H,39,43)/t31-/m0/s1. The van der Waals surface area contributed by atoms with Crippen LogP contribution in [0.25, 0.3) is 0 Å². The van der Waals surface area contributed by atoms with Gasteiger partial charge in [-0.05, 0) is 55.3 Å². The summed E-state index contributed by atoms with van der Waals surface area (Å²) in [6.45, 7) is 2.65. The average Bonchev–Trinajstić information content (AvgIpc) is 3.01. The molecule has 2 amide bonds. The lowest BCUT2D eigenvalue weighted by molar-refractivity contribution is -0.139. The molecule has 0 fully saturated rings. The largest absolute Gasteiger partial charge is 0.417 e. The van der Waals surface area contributed by atoms with Gasteiger partial charge < -0.3 is 10.2 Å². The second-order valence-corrected chi connectivity index (χ2v) is 13.1. The van der Waals surface area contributed by atoms with Crippen LogP contribution < -0.4 is 9.62 Å². The zero-order valence-corrected chi connectivity index (χ0v) is 27.0. The highest BCUT2D eigenvalue weighted by Gasteiger charge is 2.37. The van der Waals surface area contributed by atoms with Crippen LogP contribution >= 0.6 is 11.6 Å². The molecule has 0 aliphatic carbocycles. The topological polar surface area (TPSA) is 86.8 Å². The molecule has 0 aromatic heterocycles. The number of nitrogens with zero attached hydrogens (tertiary/aromatic N) is 2. The van der Waals surface area contributed by atoms with E-state index in [1.54, 1.807) is 55.5 Å². The smallest absolute Gasteiger partial charge is 0.357 e. The van der Waals surface area contributed by atoms with E-state index < -0.39 is 56.9 Å². The number of rotatable bonds is 11. The first-order valence-electron chi connectivity index (χ1n) is 14.3. The fraction of sp³-hybridized carbons (Fsp3) is 0.235. The SMILES string of the molecule is CNC(=O)[C@H](Cc1ccccc1)N(Cc1cccc(C)c1)C(=O)CN(c1ccc(Cl)c(C(F)(F)F)c1)S(=O)(=O)c1ccc(C)cc1. The Labute approximate surface area is 271 Å². The Morgan fingerprint density at radius 2 is 1.50 bits per heavy atom. The van der Waals surface area contributed by atoms with Crippen molar-refractivity contribution in [1.29, 1.82) is 0 Å². The molecule has 4 aromatic rings. The third kappa shape index (κ3) is 8.27. The van der Waals surface area contributed by atoms with Gasteiger partial charge in [-0.15, -0.1) is 0 Å². The predicted octanol–water partition coefficient (Wildman–Crippen LogP) is 6.56. The van der Waals surface area contributed by atoms with Crippen LogP contribution in [-0.2, 0) is 38.8 Å². The molecule has 0 unspecified atom stereocenters. The summed E-state index contributed by atoms with van der Waals surface area (Å²) >= 11 is 5.86. The minimum absolute atomic E-state index is 0.0712. The molecular weight excluding hydrogens is 639 g/mol. The normalized spacial score (nSPS) is 12.3. The van der Waals surface area contributed by atoms with Gasteiger partial charge in [-0.2, -0.15) is 13.2 Å². The van der Waals surface area contributed by atoms with Crippen molar-refractivity contribution in [2.45, 2.75) is 43.9 Å². The number of alkyl halides is 3. The number of sulfonamides is 1. The summed E-state index contributed by atoms with van der Waals surface area (Å²) in [5, 5.41) is 1.96. The number of amides is 2. The number of carbonyl (C=O) groups excluding carboxylic acids is 2. The van der Waals surface area contributed by atoms with Crippen LogP contribution in [0.4, 0.5) is 18.9 Å². The summed E-state index contributed by atoms with van der Waals surface area (Å²) in [7, 11) is -3.16. The first-order valence-corrected chi connectivity index (χ1v) is 16.1. The maximum absolute atomic E-state index is 14.3. The van der Waals surface area contributed by atoms with Crippen molar-refractivity contribution in [3.05, 3.63) is 130 Å². The number of aryl methyl sites for hydroxylation is 2. The first kappa shape index (κ1) is 34.5. The second kappa shape index (κ2) is 14.4. The van der Waals surface area contributed by atoms with Crippen molar-refractivity contribution in [2.24, 2.45) is 0 Å². The lowest BCUT2D eigenvalue weighted by Crippen LogP contribution is -2.53. The van der Waals surface area contributed by atoms with Crippen LogP contribution in [0.1, 0.15) is 27.8 Å². The molecule has 242 valence electrons. The molecule has 1 N–H and O–H groups in total. The monoisotopic (exact) mass is 671 g/mol. The zero-order valence-electron chi connectivity index (χ0n) is 25.4. The molecule has 0 spiro atoms. The lowest BCUT2D eigenvalue weighted by atomic mass is 10.0. The van der Waals surface area contributed by atoms with Crippen LogP contribution in [0, 0.1) is 13.8 Å². The molecule has 4 aromatic carbocycles. The van der Waals surface area contributed by atoms with Crippen LogP contribution in [0.5, 0.6) is 0 Å². The van der Waals surface area contributed by atoms with E-state index in [1.807, 2.05) is 25.1 Å². The number of halogens is 4. The van der Waals surface area contributed by atoms with Crippen LogP contribution in [0.15, 0.2) is 102 Å². The molecule has 0 aliphatic rings. The highest BCUT2D eigenvalue weighted by molar-refractivity contribution is 7.92. The van der Waals surface area contributed by atoms with Gasteiger partial charge in [-0.25, -0.2) is 8.42 Å². The number of likely N-dealkylation sites (N-methyl/N-ethyl adjacent to an activating group) is 1. The average molecular weight is 672 g/mol. The van der Waals surface area contributed by atoms with Gasteiger partial charge in [0.2, 0.25) is 11.8 Å². The third-order valence-electron chi connectivity index (χ3n) is 7.38. The van der Waals surface area contributed by atoms with Gasteiger partial charge in [0.15, 0.2) is 0 Å².